The molecule has 1 aromatic carbocycles. The highest BCUT2D eigenvalue weighted by atomic mass is 15.3. The number of hydrogen-bond acceptors (Lipinski definition) is 5. The second-order valence-electron chi connectivity index (χ2n) is 10.3. The highest BCUT2D eigenvalue weighted by Crippen LogP contribution is 2.31. The summed E-state index contributed by atoms with van der Waals surface area (Å²) in [5.41, 5.74) is 4.20. The minimum Gasteiger partial charge on any atom is -0.303 e. The molecule has 36 heavy (non-hydrogen) atoms. The van der Waals surface area contributed by atoms with Crippen LogP contribution in [-0.4, -0.2) is 88.1 Å². The summed E-state index contributed by atoms with van der Waals surface area (Å²) in [6.07, 6.45) is 7.31. The number of aryl methyl sites for hydroxylation is 1. The molecule has 2 aromatic heterocycles. The van der Waals surface area contributed by atoms with Gasteiger partial charge in [0.2, 0.25) is 0 Å². The molecule has 6 nitrogen and oxygen atoms in total. The highest BCUT2D eigenvalue weighted by molar-refractivity contribution is 5.72. The van der Waals surface area contributed by atoms with Crippen molar-refractivity contribution < 1.29 is 0 Å². The Kier molecular flexibility index (Phi) is 8.94. The number of pyridine rings is 1. The summed E-state index contributed by atoms with van der Waals surface area (Å²) in [5.74, 6) is 1.07. The predicted octanol–water partition coefficient (Wildman–Crippen LogP) is 4.75. The van der Waals surface area contributed by atoms with E-state index in [4.69, 9.17) is 4.98 Å². The van der Waals surface area contributed by atoms with Gasteiger partial charge in [-0.25, -0.2) is 9.97 Å². The molecule has 0 amide bonds. The highest BCUT2D eigenvalue weighted by Gasteiger charge is 2.28. The molecule has 6 heteroatoms. The van der Waals surface area contributed by atoms with Crippen LogP contribution in [0.1, 0.15) is 51.6 Å². The van der Waals surface area contributed by atoms with Gasteiger partial charge in [-0.15, -0.1) is 0 Å². The van der Waals surface area contributed by atoms with Crippen molar-refractivity contribution in [2.75, 3.05) is 58.9 Å². The molecule has 0 radical (unpaired) electrons. The Hall–Kier alpha value is -2.54. The first kappa shape index (κ1) is 26.5. The number of rotatable bonds is 11. The van der Waals surface area contributed by atoms with Gasteiger partial charge < -0.3 is 9.47 Å². The maximum absolute atomic E-state index is 4.84. The molecule has 4 rings (SSSR count). The number of benzene rings is 1. The lowest BCUT2D eigenvalue weighted by Gasteiger charge is -2.35. The second kappa shape index (κ2) is 12.1. The number of likely N-dealkylation sites (N-methyl/N-ethyl adjacent to an activating group) is 1. The van der Waals surface area contributed by atoms with E-state index in [0.29, 0.717) is 0 Å². The first-order valence-electron chi connectivity index (χ1n) is 13.7. The SMILES string of the molecule is CCc1nc2cccnc2n1C(C)(C)c1ccc(C=CCN2CCN(CCN(CC)CC)CC2)cc1. The fourth-order valence-electron chi connectivity index (χ4n) is 5.27. The van der Waals surface area contributed by atoms with Crippen LogP contribution in [0.2, 0.25) is 0 Å². The molecule has 1 fully saturated rings. The summed E-state index contributed by atoms with van der Waals surface area (Å²) < 4.78 is 2.30. The van der Waals surface area contributed by atoms with Crippen molar-refractivity contribution in [2.24, 2.45) is 0 Å². The Morgan fingerprint density at radius 2 is 1.64 bits per heavy atom. The predicted molar refractivity (Wildman–Crippen MR) is 151 cm³/mol. The zero-order valence-electron chi connectivity index (χ0n) is 23.0. The Balaban J connectivity index is 1.33. The first-order valence-corrected chi connectivity index (χ1v) is 13.7. The third-order valence-electron chi connectivity index (χ3n) is 7.74. The summed E-state index contributed by atoms with van der Waals surface area (Å²) in [4.78, 5) is 17.2. The lowest BCUT2D eigenvalue weighted by molar-refractivity contribution is 0.128. The normalized spacial score (nSPS) is 16.1. The molecule has 1 saturated heterocycles. The van der Waals surface area contributed by atoms with Crippen LogP contribution in [0.25, 0.3) is 17.2 Å². The molecule has 3 heterocycles. The minimum atomic E-state index is -0.234. The van der Waals surface area contributed by atoms with E-state index in [2.05, 4.69) is 95.3 Å². The largest absolute Gasteiger partial charge is 0.303 e. The molecular weight excluding hydrogens is 444 g/mol. The molecule has 0 aliphatic carbocycles. The van der Waals surface area contributed by atoms with Crippen LogP contribution >= 0.6 is 0 Å². The number of nitrogens with zero attached hydrogens (tertiary/aromatic N) is 6. The molecule has 0 N–H and O–H groups in total. The van der Waals surface area contributed by atoms with Gasteiger partial charge in [0.15, 0.2) is 5.65 Å². The van der Waals surface area contributed by atoms with Crippen LogP contribution in [-0.2, 0) is 12.0 Å². The lowest BCUT2D eigenvalue weighted by Crippen LogP contribution is -2.48. The van der Waals surface area contributed by atoms with E-state index >= 15 is 0 Å². The quantitative estimate of drug-likeness (QED) is 0.390. The van der Waals surface area contributed by atoms with Gasteiger partial charge in [-0.2, -0.15) is 0 Å². The van der Waals surface area contributed by atoms with Crippen molar-refractivity contribution in [3.63, 3.8) is 0 Å². The molecule has 0 saturated carbocycles. The van der Waals surface area contributed by atoms with E-state index in [9.17, 15) is 0 Å². The zero-order chi connectivity index (χ0) is 25.5. The van der Waals surface area contributed by atoms with Crippen molar-refractivity contribution >= 4 is 17.2 Å². The van der Waals surface area contributed by atoms with Crippen molar-refractivity contribution in [1.82, 2.24) is 29.2 Å². The van der Waals surface area contributed by atoms with Crippen molar-refractivity contribution in [2.45, 2.75) is 46.6 Å². The third kappa shape index (κ3) is 6.05. The third-order valence-corrected chi connectivity index (χ3v) is 7.74. The molecule has 0 unspecified atom stereocenters. The van der Waals surface area contributed by atoms with Gasteiger partial charge in [0, 0.05) is 58.4 Å². The molecule has 1 aliphatic heterocycles. The summed E-state index contributed by atoms with van der Waals surface area (Å²) in [6, 6.07) is 13.0. The monoisotopic (exact) mass is 488 g/mol. The summed E-state index contributed by atoms with van der Waals surface area (Å²) in [6.45, 7) is 21.5. The number of aromatic nitrogens is 3. The van der Waals surface area contributed by atoms with Crippen LogP contribution in [0.4, 0.5) is 0 Å². The average Bonchev–Trinajstić information content (AvgIpc) is 3.30. The van der Waals surface area contributed by atoms with Gasteiger partial charge in [0.25, 0.3) is 0 Å². The summed E-state index contributed by atoms with van der Waals surface area (Å²) >= 11 is 0. The lowest BCUT2D eigenvalue weighted by atomic mass is 9.92. The second-order valence-corrected chi connectivity index (χ2v) is 10.3. The minimum absolute atomic E-state index is 0.234. The number of fused-ring (bicyclic) bond motifs is 1. The van der Waals surface area contributed by atoms with Gasteiger partial charge in [-0.1, -0.05) is 57.2 Å². The van der Waals surface area contributed by atoms with Crippen LogP contribution in [0.3, 0.4) is 0 Å². The van der Waals surface area contributed by atoms with Crippen LogP contribution in [0.15, 0.2) is 48.7 Å². The maximum Gasteiger partial charge on any atom is 0.160 e. The molecular formula is C30H44N6. The fraction of sp³-hybridized carbons (Fsp3) is 0.533. The number of piperazine rings is 1. The van der Waals surface area contributed by atoms with E-state index in [1.165, 1.54) is 37.3 Å². The Morgan fingerprint density at radius 3 is 2.31 bits per heavy atom. The number of hydrogen-bond donors (Lipinski definition) is 0. The van der Waals surface area contributed by atoms with E-state index in [0.717, 1.165) is 56.1 Å². The Bertz CT molecular complexity index is 1120. The Labute approximate surface area is 217 Å². The van der Waals surface area contributed by atoms with Gasteiger partial charge in [-0.05, 0) is 50.2 Å². The van der Waals surface area contributed by atoms with Gasteiger partial charge in [0.1, 0.15) is 11.3 Å². The summed E-state index contributed by atoms with van der Waals surface area (Å²) in [7, 11) is 0. The van der Waals surface area contributed by atoms with E-state index in [1.54, 1.807) is 0 Å². The smallest absolute Gasteiger partial charge is 0.160 e. The molecule has 0 atom stereocenters. The Morgan fingerprint density at radius 1 is 0.944 bits per heavy atom. The zero-order valence-corrected chi connectivity index (χ0v) is 23.0. The standard InChI is InChI=1S/C30H44N6/c1-6-28-32-27-12-9-17-31-29(27)36(28)30(4,5)26-15-13-25(14-16-26)11-10-18-34-21-23-35(24-22-34)20-19-33(7-2)8-3/h9-17H,6-8,18-24H2,1-5H3. The average molecular weight is 489 g/mol. The van der Waals surface area contributed by atoms with Crippen LogP contribution in [0.5, 0.6) is 0 Å². The van der Waals surface area contributed by atoms with Crippen LogP contribution in [0, 0.1) is 0 Å². The maximum atomic E-state index is 4.84. The summed E-state index contributed by atoms with van der Waals surface area (Å²) in [5, 5.41) is 0. The fourth-order valence-corrected chi connectivity index (χ4v) is 5.27. The molecule has 0 spiro atoms. The molecule has 0 bridgehead atoms. The molecule has 3 aromatic rings. The van der Waals surface area contributed by atoms with Crippen molar-refractivity contribution in [1.29, 1.82) is 0 Å². The van der Waals surface area contributed by atoms with E-state index in [-0.39, 0.29) is 5.54 Å². The van der Waals surface area contributed by atoms with E-state index in [1.807, 2.05) is 18.3 Å². The topological polar surface area (TPSA) is 40.4 Å². The van der Waals surface area contributed by atoms with Gasteiger partial charge >= 0.3 is 0 Å². The van der Waals surface area contributed by atoms with Gasteiger partial charge in [-0.3, -0.25) is 9.80 Å². The molecule has 194 valence electrons. The van der Waals surface area contributed by atoms with Crippen molar-refractivity contribution in [3.05, 3.63) is 65.6 Å². The van der Waals surface area contributed by atoms with Crippen LogP contribution < -0.4 is 0 Å². The first-order chi connectivity index (χ1) is 17.5. The van der Waals surface area contributed by atoms with E-state index < -0.39 is 0 Å². The van der Waals surface area contributed by atoms with Crippen molar-refractivity contribution in [3.8, 4) is 0 Å². The molecule has 1 aliphatic rings. The number of imidazole rings is 1. The van der Waals surface area contributed by atoms with Gasteiger partial charge in [0.05, 0.1) is 5.54 Å².